The minimum absolute atomic E-state index is 0.160. The molecule has 2 rings (SSSR count). The Labute approximate surface area is 114 Å². The third-order valence-corrected chi connectivity index (χ3v) is 4.04. The second-order valence-electron chi connectivity index (χ2n) is 4.37. The summed E-state index contributed by atoms with van der Waals surface area (Å²) in [6.45, 7) is 1.72. The predicted molar refractivity (Wildman–Crippen MR) is 69.9 cm³/mol. The molecule has 1 aliphatic carbocycles. The normalized spacial score (nSPS) is 16.1. The summed E-state index contributed by atoms with van der Waals surface area (Å²) in [4.78, 5) is 23.5. The SMILES string of the molecule is C[C@H](NC(=O)COC(=O)c1ccc(Cl)s1)C1CC1. The molecule has 1 saturated carbocycles. The Morgan fingerprint density at radius 1 is 1.56 bits per heavy atom. The van der Waals surface area contributed by atoms with Gasteiger partial charge >= 0.3 is 5.97 Å². The first-order chi connectivity index (χ1) is 8.56. The lowest BCUT2D eigenvalue weighted by atomic mass is 10.2. The van der Waals surface area contributed by atoms with E-state index in [0.29, 0.717) is 15.1 Å². The van der Waals surface area contributed by atoms with Gasteiger partial charge in [0, 0.05) is 6.04 Å². The monoisotopic (exact) mass is 287 g/mol. The smallest absolute Gasteiger partial charge is 0.348 e. The molecule has 0 saturated heterocycles. The Morgan fingerprint density at radius 2 is 2.28 bits per heavy atom. The zero-order chi connectivity index (χ0) is 13.1. The van der Waals surface area contributed by atoms with Crippen LogP contribution >= 0.6 is 22.9 Å². The van der Waals surface area contributed by atoms with E-state index < -0.39 is 5.97 Å². The zero-order valence-electron chi connectivity index (χ0n) is 9.94. The molecule has 1 aliphatic rings. The van der Waals surface area contributed by atoms with Crippen LogP contribution in [0.4, 0.5) is 0 Å². The number of carbonyl (C=O) groups is 2. The molecular formula is C12H14ClNO3S. The molecule has 6 heteroatoms. The first-order valence-corrected chi connectivity index (χ1v) is 6.97. The van der Waals surface area contributed by atoms with E-state index in [0.717, 1.165) is 24.2 Å². The predicted octanol–water partition coefficient (Wildman–Crippen LogP) is 2.47. The molecule has 1 amide bonds. The van der Waals surface area contributed by atoms with Crippen LogP contribution < -0.4 is 5.32 Å². The van der Waals surface area contributed by atoms with Gasteiger partial charge in [-0.15, -0.1) is 11.3 Å². The van der Waals surface area contributed by atoms with E-state index in [1.54, 1.807) is 12.1 Å². The van der Waals surface area contributed by atoms with Gasteiger partial charge in [-0.3, -0.25) is 4.79 Å². The quantitative estimate of drug-likeness (QED) is 0.847. The van der Waals surface area contributed by atoms with Gasteiger partial charge in [0.05, 0.1) is 4.34 Å². The zero-order valence-corrected chi connectivity index (χ0v) is 11.5. The van der Waals surface area contributed by atoms with Gasteiger partial charge in [0.1, 0.15) is 4.88 Å². The second kappa shape index (κ2) is 5.71. The standard InChI is InChI=1S/C12H14ClNO3S/c1-7(8-2-3-8)14-11(15)6-17-12(16)9-4-5-10(13)18-9/h4-5,7-8H,2-3,6H2,1H3,(H,14,15)/t7-/m0/s1. The number of halogens is 1. The average molecular weight is 288 g/mol. The molecule has 1 aromatic heterocycles. The third-order valence-electron chi connectivity index (χ3n) is 2.83. The van der Waals surface area contributed by atoms with E-state index in [1.165, 1.54) is 0 Å². The van der Waals surface area contributed by atoms with Crippen molar-refractivity contribution >= 4 is 34.8 Å². The van der Waals surface area contributed by atoms with Crippen molar-refractivity contribution in [1.29, 1.82) is 0 Å². The van der Waals surface area contributed by atoms with Crippen LogP contribution in [0.3, 0.4) is 0 Å². The van der Waals surface area contributed by atoms with E-state index in [1.807, 2.05) is 6.92 Å². The van der Waals surface area contributed by atoms with Gasteiger partial charge < -0.3 is 10.1 Å². The lowest BCUT2D eigenvalue weighted by molar-refractivity contribution is -0.124. The summed E-state index contributed by atoms with van der Waals surface area (Å²) in [5.74, 6) is -0.188. The lowest BCUT2D eigenvalue weighted by Crippen LogP contribution is -2.37. The van der Waals surface area contributed by atoms with Gasteiger partial charge in [0.25, 0.3) is 5.91 Å². The largest absolute Gasteiger partial charge is 0.451 e. The van der Waals surface area contributed by atoms with Crippen LogP contribution in [-0.2, 0) is 9.53 Å². The molecule has 0 spiro atoms. The average Bonchev–Trinajstić information content (AvgIpc) is 3.09. The summed E-state index contributed by atoms with van der Waals surface area (Å²) in [6.07, 6.45) is 2.32. The Balaban J connectivity index is 1.73. The number of hydrogen-bond donors (Lipinski definition) is 1. The molecule has 1 atom stereocenters. The van der Waals surface area contributed by atoms with Crippen LogP contribution in [-0.4, -0.2) is 24.5 Å². The molecule has 4 nitrogen and oxygen atoms in total. The van der Waals surface area contributed by atoms with Crippen molar-refractivity contribution in [2.24, 2.45) is 5.92 Å². The van der Waals surface area contributed by atoms with E-state index in [-0.39, 0.29) is 18.6 Å². The fourth-order valence-corrected chi connectivity index (χ4v) is 2.57. The molecule has 0 bridgehead atoms. The van der Waals surface area contributed by atoms with Crippen molar-refractivity contribution in [3.8, 4) is 0 Å². The Hall–Kier alpha value is -1.07. The fraction of sp³-hybridized carbons (Fsp3) is 0.500. The molecule has 1 heterocycles. The number of esters is 1. The fourth-order valence-electron chi connectivity index (χ4n) is 1.64. The van der Waals surface area contributed by atoms with E-state index in [4.69, 9.17) is 16.3 Å². The number of hydrogen-bond acceptors (Lipinski definition) is 4. The number of carbonyl (C=O) groups excluding carboxylic acids is 2. The number of nitrogens with one attached hydrogen (secondary N) is 1. The van der Waals surface area contributed by atoms with E-state index in [9.17, 15) is 9.59 Å². The van der Waals surface area contributed by atoms with Gasteiger partial charge in [0.15, 0.2) is 6.61 Å². The summed E-state index contributed by atoms with van der Waals surface area (Å²) >= 11 is 6.84. The van der Waals surface area contributed by atoms with Crippen molar-refractivity contribution < 1.29 is 14.3 Å². The second-order valence-corrected chi connectivity index (χ2v) is 6.09. The minimum Gasteiger partial charge on any atom is -0.451 e. The highest BCUT2D eigenvalue weighted by atomic mass is 35.5. The number of ether oxygens (including phenoxy) is 1. The maximum Gasteiger partial charge on any atom is 0.348 e. The van der Waals surface area contributed by atoms with E-state index >= 15 is 0 Å². The molecule has 18 heavy (non-hydrogen) atoms. The maximum atomic E-state index is 11.5. The van der Waals surface area contributed by atoms with E-state index in [2.05, 4.69) is 5.32 Å². The third kappa shape index (κ3) is 3.71. The Kier molecular flexibility index (Phi) is 4.24. The number of rotatable bonds is 5. The van der Waals surface area contributed by atoms with Crippen LogP contribution in [0.5, 0.6) is 0 Å². The van der Waals surface area contributed by atoms with Gasteiger partial charge in [-0.1, -0.05) is 11.6 Å². The summed E-state index contributed by atoms with van der Waals surface area (Å²) in [5.41, 5.74) is 0. The molecule has 1 N–H and O–H groups in total. The molecule has 0 radical (unpaired) electrons. The van der Waals surface area contributed by atoms with Crippen LogP contribution in [0.1, 0.15) is 29.4 Å². The highest BCUT2D eigenvalue weighted by Gasteiger charge is 2.29. The van der Waals surface area contributed by atoms with Crippen molar-refractivity contribution in [2.75, 3.05) is 6.61 Å². The van der Waals surface area contributed by atoms with Crippen molar-refractivity contribution in [1.82, 2.24) is 5.32 Å². The molecule has 0 aromatic carbocycles. The summed E-state index contributed by atoms with van der Waals surface area (Å²) < 4.78 is 5.43. The number of amides is 1. The molecule has 1 aromatic rings. The Morgan fingerprint density at radius 3 is 2.83 bits per heavy atom. The molecule has 98 valence electrons. The first-order valence-electron chi connectivity index (χ1n) is 5.78. The van der Waals surface area contributed by atoms with Crippen LogP contribution in [0.25, 0.3) is 0 Å². The maximum absolute atomic E-state index is 11.5. The van der Waals surface area contributed by atoms with Gasteiger partial charge in [0.2, 0.25) is 0 Å². The number of thiophene rings is 1. The van der Waals surface area contributed by atoms with Gasteiger partial charge in [-0.2, -0.15) is 0 Å². The van der Waals surface area contributed by atoms with Crippen LogP contribution in [0, 0.1) is 5.92 Å². The summed E-state index contributed by atoms with van der Waals surface area (Å²) in [7, 11) is 0. The highest BCUT2D eigenvalue weighted by molar-refractivity contribution is 7.17. The van der Waals surface area contributed by atoms with Gasteiger partial charge in [-0.05, 0) is 37.8 Å². The van der Waals surface area contributed by atoms with Crippen molar-refractivity contribution in [3.05, 3.63) is 21.3 Å². The summed E-state index contributed by atoms with van der Waals surface area (Å²) in [6, 6.07) is 3.37. The molecule has 0 aliphatic heterocycles. The van der Waals surface area contributed by atoms with Crippen LogP contribution in [0.15, 0.2) is 12.1 Å². The van der Waals surface area contributed by atoms with Gasteiger partial charge in [-0.25, -0.2) is 4.79 Å². The minimum atomic E-state index is -0.513. The molecule has 0 unspecified atom stereocenters. The highest BCUT2D eigenvalue weighted by Crippen LogP contribution is 2.32. The van der Waals surface area contributed by atoms with Crippen molar-refractivity contribution in [2.45, 2.75) is 25.8 Å². The van der Waals surface area contributed by atoms with Crippen molar-refractivity contribution in [3.63, 3.8) is 0 Å². The lowest BCUT2D eigenvalue weighted by Gasteiger charge is -2.12. The Bertz CT molecular complexity index is 456. The summed E-state index contributed by atoms with van der Waals surface area (Å²) in [5, 5.41) is 2.82. The molecule has 1 fully saturated rings. The molecular weight excluding hydrogens is 274 g/mol. The topological polar surface area (TPSA) is 55.4 Å². The first kappa shape index (κ1) is 13.4. The van der Waals surface area contributed by atoms with Crippen LogP contribution in [0.2, 0.25) is 4.34 Å².